The average Bonchev–Trinajstić information content (AvgIpc) is 3.32. The molecule has 0 N–H and O–H groups in total. The number of aryl methyl sites for hydroxylation is 1. The van der Waals surface area contributed by atoms with Gasteiger partial charge in [-0.3, -0.25) is 0 Å². The molecule has 0 radical (unpaired) electrons. The van der Waals surface area contributed by atoms with E-state index >= 15 is 0 Å². The van der Waals surface area contributed by atoms with Crippen LogP contribution < -0.4 is 0 Å². The number of sulfonamides is 1. The van der Waals surface area contributed by atoms with Gasteiger partial charge in [0.15, 0.2) is 0 Å². The van der Waals surface area contributed by atoms with Gasteiger partial charge in [0.05, 0.1) is 4.90 Å². The van der Waals surface area contributed by atoms with Crippen LogP contribution in [0.15, 0.2) is 57.9 Å². The van der Waals surface area contributed by atoms with Crippen LogP contribution >= 0.6 is 11.6 Å². The first kappa shape index (κ1) is 18.2. The van der Waals surface area contributed by atoms with Crippen molar-refractivity contribution in [1.82, 2.24) is 14.4 Å². The smallest absolute Gasteiger partial charge is 0.245 e. The Kier molecular flexibility index (Phi) is 4.75. The molecule has 4 rings (SSSR count). The first-order chi connectivity index (χ1) is 12.9. The molecule has 140 valence electrons. The van der Waals surface area contributed by atoms with E-state index in [-0.39, 0.29) is 4.90 Å². The molecule has 1 atom stereocenters. The van der Waals surface area contributed by atoms with Gasteiger partial charge in [0.1, 0.15) is 6.04 Å². The number of nitrogens with zero attached hydrogens (tertiary/aromatic N) is 3. The standard InChI is InChI=1S/C19H18ClN3O3S/c1-13-4-2-5-14(12-13)18-21-19(26-22-18)17-6-3-11-23(17)27(24,25)16-9-7-15(20)8-10-16/h2,4-5,7-10,12,17H,3,6,11H2,1H3. The van der Waals surface area contributed by atoms with Gasteiger partial charge in [-0.2, -0.15) is 9.29 Å². The van der Waals surface area contributed by atoms with E-state index in [0.717, 1.165) is 17.5 Å². The van der Waals surface area contributed by atoms with Crippen LogP contribution in [0, 0.1) is 6.92 Å². The van der Waals surface area contributed by atoms with Crippen LogP contribution in [-0.2, 0) is 10.0 Å². The minimum atomic E-state index is -3.67. The maximum absolute atomic E-state index is 13.0. The summed E-state index contributed by atoms with van der Waals surface area (Å²) in [7, 11) is -3.67. The fourth-order valence-electron chi connectivity index (χ4n) is 3.29. The van der Waals surface area contributed by atoms with E-state index in [1.807, 2.05) is 31.2 Å². The molecule has 2 aromatic carbocycles. The van der Waals surface area contributed by atoms with Crippen molar-refractivity contribution in [2.24, 2.45) is 0 Å². The lowest BCUT2D eigenvalue weighted by Crippen LogP contribution is -2.30. The molecule has 1 aromatic heterocycles. The van der Waals surface area contributed by atoms with Gasteiger partial charge in [-0.05, 0) is 50.1 Å². The highest BCUT2D eigenvalue weighted by Gasteiger charge is 2.39. The zero-order valence-electron chi connectivity index (χ0n) is 14.7. The Bertz CT molecular complexity index is 1060. The fraction of sp³-hybridized carbons (Fsp3) is 0.263. The van der Waals surface area contributed by atoms with Gasteiger partial charge < -0.3 is 4.52 Å². The Labute approximate surface area is 162 Å². The summed E-state index contributed by atoms with van der Waals surface area (Å²) >= 11 is 5.88. The van der Waals surface area contributed by atoms with E-state index in [1.54, 1.807) is 12.1 Å². The Morgan fingerprint density at radius 3 is 2.70 bits per heavy atom. The first-order valence-electron chi connectivity index (χ1n) is 8.63. The van der Waals surface area contributed by atoms with Crippen LogP contribution in [0.3, 0.4) is 0 Å². The van der Waals surface area contributed by atoms with Crippen LogP contribution in [0.2, 0.25) is 5.02 Å². The number of hydrogen-bond donors (Lipinski definition) is 0. The van der Waals surface area contributed by atoms with E-state index < -0.39 is 16.1 Å². The van der Waals surface area contributed by atoms with Gasteiger partial charge in [0, 0.05) is 17.1 Å². The van der Waals surface area contributed by atoms with Crippen molar-refractivity contribution in [3.63, 3.8) is 0 Å². The molecule has 0 saturated carbocycles. The summed E-state index contributed by atoms with van der Waals surface area (Å²) in [6.07, 6.45) is 1.38. The molecular formula is C19H18ClN3O3S. The Morgan fingerprint density at radius 1 is 1.19 bits per heavy atom. The molecule has 0 bridgehead atoms. The third-order valence-corrected chi connectivity index (χ3v) is 6.80. The van der Waals surface area contributed by atoms with Crippen LogP contribution in [0.5, 0.6) is 0 Å². The van der Waals surface area contributed by atoms with Crippen LogP contribution in [0.4, 0.5) is 0 Å². The molecule has 0 amide bonds. The van der Waals surface area contributed by atoms with E-state index in [1.165, 1.54) is 16.4 Å². The molecule has 3 aromatic rings. The van der Waals surface area contributed by atoms with Gasteiger partial charge >= 0.3 is 0 Å². The maximum atomic E-state index is 13.0. The van der Waals surface area contributed by atoms with Crippen LogP contribution in [-0.4, -0.2) is 29.4 Å². The second kappa shape index (κ2) is 7.07. The number of hydrogen-bond acceptors (Lipinski definition) is 5. The minimum Gasteiger partial charge on any atom is -0.337 e. The number of rotatable bonds is 4. The second-order valence-electron chi connectivity index (χ2n) is 6.55. The average molecular weight is 404 g/mol. The predicted octanol–water partition coefficient (Wildman–Crippen LogP) is 4.22. The molecule has 2 heterocycles. The van der Waals surface area contributed by atoms with Gasteiger partial charge in [0.2, 0.25) is 21.7 Å². The summed E-state index contributed by atoms with van der Waals surface area (Å²) in [5.41, 5.74) is 1.93. The normalized spacial score (nSPS) is 18.1. The number of aromatic nitrogens is 2. The molecule has 27 heavy (non-hydrogen) atoms. The molecule has 6 nitrogen and oxygen atoms in total. The summed E-state index contributed by atoms with van der Waals surface area (Å²) in [5.74, 6) is 0.783. The quantitative estimate of drug-likeness (QED) is 0.651. The predicted molar refractivity (Wildman–Crippen MR) is 102 cm³/mol. The second-order valence-corrected chi connectivity index (χ2v) is 8.88. The van der Waals surface area contributed by atoms with Crippen LogP contribution in [0.1, 0.15) is 30.3 Å². The van der Waals surface area contributed by atoms with E-state index in [4.69, 9.17) is 16.1 Å². The highest BCUT2D eigenvalue weighted by Crippen LogP contribution is 2.36. The van der Waals surface area contributed by atoms with E-state index in [9.17, 15) is 8.42 Å². The number of halogens is 1. The van der Waals surface area contributed by atoms with Crippen LogP contribution in [0.25, 0.3) is 11.4 Å². The molecular weight excluding hydrogens is 386 g/mol. The summed E-state index contributed by atoms with van der Waals surface area (Å²) in [6.45, 7) is 2.40. The van der Waals surface area contributed by atoms with Gasteiger partial charge in [0.25, 0.3) is 0 Å². The fourth-order valence-corrected chi connectivity index (χ4v) is 5.07. The Morgan fingerprint density at radius 2 is 1.96 bits per heavy atom. The first-order valence-corrected chi connectivity index (χ1v) is 10.4. The zero-order chi connectivity index (χ0) is 19.0. The van der Waals surface area contributed by atoms with Crippen molar-refractivity contribution in [1.29, 1.82) is 0 Å². The lowest BCUT2D eigenvalue weighted by Gasteiger charge is -2.21. The van der Waals surface area contributed by atoms with Gasteiger partial charge in [-0.25, -0.2) is 8.42 Å². The van der Waals surface area contributed by atoms with E-state index in [2.05, 4.69) is 10.1 Å². The van der Waals surface area contributed by atoms with Crippen molar-refractivity contribution >= 4 is 21.6 Å². The molecule has 1 unspecified atom stereocenters. The minimum absolute atomic E-state index is 0.206. The summed E-state index contributed by atoms with van der Waals surface area (Å²) < 4.78 is 33.0. The highest BCUT2D eigenvalue weighted by molar-refractivity contribution is 7.89. The largest absolute Gasteiger partial charge is 0.337 e. The molecule has 1 fully saturated rings. The zero-order valence-corrected chi connectivity index (χ0v) is 16.2. The van der Waals surface area contributed by atoms with Crippen molar-refractivity contribution in [3.05, 3.63) is 65.0 Å². The highest BCUT2D eigenvalue weighted by atomic mass is 35.5. The Balaban J connectivity index is 1.65. The van der Waals surface area contributed by atoms with Gasteiger partial charge in [-0.1, -0.05) is 40.5 Å². The molecule has 1 aliphatic heterocycles. The van der Waals surface area contributed by atoms with E-state index in [0.29, 0.717) is 29.7 Å². The molecule has 0 aliphatic carbocycles. The maximum Gasteiger partial charge on any atom is 0.245 e. The van der Waals surface area contributed by atoms with Crippen molar-refractivity contribution in [2.45, 2.75) is 30.7 Å². The topological polar surface area (TPSA) is 76.3 Å². The molecule has 8 heteroatoms. The summed E-state index contributed by atoms with van der Waals surface area (Å²) in [4.78, 5) is 4.68. The third kappa shape index (κ3) is 3.50. The lowest BCUT2D eigenvalue weighted by atomic mass is 10.1. The molecule has 1 aliphatic rings. The SMILES string of the molecule is Cc1cccc(-c2noc(C3CCCN3S(=O)(=O)c3ccc(Cl)cc3)n2)c1. The van der Waals surface area contributed by atoms with Crippen molar-refractivity contribution in [3.8, 4) is 11.4 Å². The molecule has 0 spiro atoms. The number of benzene rings is 2. The summed E-state index contributed by atoms with van der Waals surface area (Å²) in [5, 5.41) is 4.54. The van der Waals surface area contributed by atoms with Crippen molar-refractivity contribution in [2.75, 3.05) is 6.54 Å². The Hall–Kier alpha value is -2.22. The summed E-state index contributed by atoms with van der Waals surface area (Å²) in [6, 6.07) is 13.5. The van der Waals surface area contributed by atoms with Crippen molar-refractivity contribution < 1.29 is 12.9 Å². The third-order valence-electron chi connectivity index (χ3n) is 4.63. The van der Waals surface area contributed by atoms with Gasteiger partial charge in [-0.15, -0.1) is 0 Å². The molecule has 1 saturated heterocycles. The lowest BCUT2D eigenvalue weighted by molar-refractivity contribution is 0.290. The monoisotopic (exact) mass is 403 g/mol.